The van der Waals surface area contributed by atoms with Crippen LogP contribution in [-0.2, 0) is 11.2 Å². The second-order valence-corrected chi connectivity index (χ2v) is 5.15. The summed E-state index contributed by atoms with van der Waals surface area (Å²) in [7, 11) is 0. The van der Waals surface area contributed by atoms with Gasteiger partial charge in [0.2, 0.25) is 0 Å². The first-order valence-corrected chi connectivity index (χ1v) is 7.49. The third kappa shape index (κ3) is 8.36. The highest BCUT2D eigenvalue weighted by atomic mass is 16.1. The van der Waals surface area contributed by atoms with Crippen molar-refractivity contribution in [2.45, 2.75) is 57.8 Å². The predicted octanol–water partition coefficient (Wildman–Crippen LogP) is 5.11. The summed E-state index contributed by atoms with van der Waals surface area (Å²) >= 11 is 0. The van der Waals surface area contributed by atoms with Gasteiger partial charge in [-0.25, -0.2) is 0 Å². The van der Waals surface area contributed by atoms with Crippen LogP contribution in [0.3, 0.4) is 0 Å². The van der Waals surface area contributed by atoms with Gasteiger partial charge in [0.05, 0.1) is 0 Å². The average molecular weight is 258 g/mol. The summed E-state index contributed by atoms with van der Waals surface area (Å²) in [6.45, 7) is 3.72. The van der Waals surface area contributed by atoms with E-state index in [4.69, 9.17) is 0 Å². The van der Waals surface area contributed by atoms with Crippen LogP contribution in [0.4, 0.5) is 0 Å². The predicted molar refractivity (Wildman–Crippen MR) is 82.3 cm³/mol. The number of hydrogen-bond donors (Lipinski definition) is 0. The molecule has 0 fully saturated rings. The summed E-state index contributed by atoms with van der Waals surface area (Å²) in [6.07, 6.45) is 11.8. The van der Waals surface area contributed by atoms with E-state index in [1.54, 1.807) is 0 Å². The highest BCUT2D eigenvalue weighted by Gasteiger charge is 2.02. The Bertz CT molecular complexity index is 353. The van der Waals surface area contributed by atoms with Crippen molar-refractivity contribution >= 4 is 5.78 Å². The second-order valence-electron chi connectivity index (χ2n) is 5.15. The first-order valence-electron chi connectivity index (χ1n) is 7.49. The van der Waals surface area contributed by atoms with Crippen molar-refractivity contribution in [3.63, 3.8) is 0 Å². The molecule has 0 radical (unpaired) electrons. The minimum atomic E-state index is 0.373. The first-order chi connectivity index (χ1) is 9.33. The molecular weight excluding hydrogens is 232 g/mol. The lowest BCUT2D eigenvalue weighted by Gasteiger charge is -2.02. The van der Waals surface area contributed by atoms with Gasteiger partial charge in [0.15, 0.2) is 0 Å². The molecule has 19 heavy (non-hydrogen) atoms. The zero-order valence-electron chi connectivity index (χ0n) is 11.9. The van der Waals surface area contributed by atoms with Crippen LogP contribution >= 0.6 is 0 Å². The van der Waals surface area contributed by atoms with Gasteiger partial charge in [0.1, 0.15) is 5.78 Å². The number of rotatable bonds is 11. The maximum absolute atomic E-state index is 11.8. The van der Waals surface area contributed by atoms with E-state index in [0.717, 1.165) is 24.8 Å². The zero-order chi connectivity index (χ0) is 13.8. The first kappa shape index (κ1) is 15.7. The fraction of sp³-hybridized carbons (Fsp3) is 0.500. The fourth-order valence-corrected chi connectivity index (χ4v) is 2.23. The van der Waals surface area contributed by atoms with E-state index in [1.165, 1.54) is 32.1 Å². The fourth-order valence-electron chi connectivity index (χ4n) is 2.23. The summed E-state index contributed by atoms with van der Waals surface area (Å²) in [5.41, 5.74) is 1.14. The Hall–Kier alpha value is -1.37. The highest BCUT2D eigenvalue weighted by Crippen LogP contribution is 2.10. The summed E-state index contributed by atoms with van der Waals surface area (Å²) in [5, 5.41) is 0. The minimum absolute atomic E-state index is 0.373. The number of hydrogen-bond acceptors (Lipinski definition) is 1. The van der Waals surface area contributed by atoms with Crippen molar-refractivity contribution in [3.05, 3.63) is 48.6 Å². The highest BCUT2D eigenvalue weighted by molar-refractivity contribution is 5.80. The molecule has 0 N–H and O–H groups in total. The van der Waals surface area contributed by atoms with Gasteiger partial charge in [0, 0.05) is 12.8 Å². The van der Waals surface area contributed by atoms with Crippen LogP contribution < -0.4 is 0 Å². The molecule has 0 heterocycles. The van der Waals surface area contributed by atoms with Crippen molar-refractivity contribution in [2.24, 2.45) is 0 Å². The number of ketones is 1. The molecule has 104 valence electrons. The Morgan fingerprint density at radius 3 is 2.26 bits per heavy atom. The molecule has 0 amide bonds. The molecule has 1 rings (SSSR count). The van der Waals surface area contributed by atoms with Crippen molar-refractivity contribution in [1.29, 1.82) is 0 Å². The molecule has 0 unspecified atom stereocenters. The van der Waals surface area contributed by atoms with Crippen molar-refractivity contribution in [1.82, 2.24) is 0 Å². The van der Waals surface area contributed by atoms with E-state index >= 15 is 0 Å². The standard InChI is InChI=1S/C18H26O/c1-2-3-4-5-6-7-8-12-15-18(19)16-17-13-10-9-11-14-17/h2,9-11,13-14H,1,3-8,12,15-16H2. The molecular formula is C18H26O. The number of benzene rings is 1. The number of Topliss-reactive ketones (excluding diaryl/α,β-unsaturated/α-hetero) is 1. The molecule has 1 aromatic rings. The molecule has 0 aliphatic carbocycles. The molecule has 0 aliphatic heterocycles. The molecule has 1 heteroatoms. The van der Waals surface area contributed by atoms with Gasteiger partial charge >= 0.3 is 0 Å². The van der Waals surface area contributed by atoms with Crippen LogP contribution in [0, 0.1) is 0 Å². The van der Waals surface area contributed by atoms with Crippen molar-refractivity contribution in [2.75, 3.05) is 0 Å². The second kappa shape index (κ2) is 10.5. The largest absolute Gasteiger partial charge is 0.299 e. The van der Waals surface area contributed by atoms with Gasteiger partial charge in [0.25, 0.3) is 0 Å². The van der Waals surface area contributed by atoms with Gasteiger partial charge < -0.3 is 0 Å². The molecule has 1 nitrogen and oxygen atoms in total. The molecule has 1 aromatic carbocycles. The molecule has 0 aliphatic rings. The third-order valence-electron chi connectivity index (χ3n) is 3.36. The van der Waals surface area contributed by atoms with E-state index in [0.29, 0.717) is 12.2 Å². The van der Waals surface area contributed by atoms with Crippen molar-refractivity contribution < 1.29 is 4.79 Å². The van der Waals surface area contributed by atoms with Crippen LogP contribution in [0.5, 0.6) is 0 Å². The summed E-state index contributed by atoms with van der Waals surface area (Å²) in [5.74, 6) is 0.373. The lowest BCUT2D eigenvalue weighted by Crippen LogP contribution is -2.02. The zero-order valence-corrected chi connectivity index (χ0v) is 11.9. The topological polar surface area (TPSA) is 17.1 Å². The summed E-state index contributed by atoms with van der Waals surface area (Å²) in [6, 6.07) is 10.0. The molecule has 0 atom stereocenters. The number of carbonyl (C=O) groups excluding carboxylic acids is 1. The molecule has 0 aromatic heterocycles. The number of carbonyl (C=O) groups is 1. The summed E-state index contributed by atoms with van der Waals surface area (Å²) < 4.78 is 0. The van der Waals surface area contributed by atoms with Crippen LogP contribution in [-0.4, -0.2) is 5.78 Å². The Morgan fingerprint density at radius 1 is 0.947 bits per heavy atom. The monoisotopic (exact) mass is 258 g/mol. The Labute approximate surface area is 117 Å². The average Bonchev–Trinajstić information content (AvgIpc) is 2.43. The van der Waals surface area contributed by atoms with E-state index in [9.17, 15) is 4.79 Å². The van der Waals surface area contributed by atoms with Gasteiger partial charge in [-0.05, 0) is 24.8 Å². The van der Waals surface area contributed by atoms with Crippen LogP contribution in [0.15, 0.2) is 43.0 Å². The van der Waals surface area contributed by atoms with Crippen molar-refractivity contribution in [3.8, 4) is 0 Å². The van der Waals surface area contributed by atoms with Gasteiger partial charge in [-0.1, -0.05) is 62.1 Å². The molecule has 0 spiro atoms. The number of allylic oxidation sites excluding steroid dienone is 1. The molecule has 0 bridgehead atoms. The number of unbranched alkanes of at least 4 members (excludes halogenated alkanes) is 6. The van der Waals surface area contributed by atoms with Crippen LogP contribution in [0.2, 0.25) is 0 Å². The minimum Gasteiger partial charge on any atom is -0.299 e. The molecule has 0 saturated carbocycles. The lowest BCUT2D eigenvalue weighted by molar-refractivity contribution is -0.118. The van der Waals surface area contributed by atoms with E-state index in [1.807, 2.05) is 36.4 Å². The van der Waals surface area contributed by atoms with Crippen LogP contribution in [0.25, 0.3) is 0 Å². The quantitative estimate of drug-likeness (QED) is 0.398. The Kier molecular flexibility index (Phi) is 8.70. The summed E-state index contributed by atoms with van der Waals surface area (Å²) in [4.78, 5) is 11.8. The van der Waals surface area contributed by atoms with E-state index in [2.05, 4.69) is 6.58 Å². The lowest BCUT2D eigenvalue weighted by atomic mass is 10.0. The van der Waals surface area contributed by atoms with Crippen LogP contribution in [0.1, 0.15) is 56.9 Å². The van der Waals surface area contributed by atoms with Gasteiger partial charge in [-0.2, -0.15) is 0 Å². The van der Waals surface area contributed by atoms with Gasteiger partial charge in [-0.15, -0.1) is 6.58 Å². The Morgan fingerprint density at radius 2 is 1.58 bits per heavy atom. The third-order valence-corrected chi connectivity index (χ3v) is 3.36. The maximum atomic E-state index is 11.8. The maximum Gasteiger partial charge on any atom is 0.137 e. The normalized spacial score (nSPS) is 10.3. The van der Waals surface area contributed by atoms with E-state index in [-0.39, 0.29) is 0 Å². The SMILES string of the molecule is C=CCCCCCCCCC(=O)Cc1ccccc1. The smallest absolute Gasteiger partial charge is 0.137 e. The van der Waals surface area contributed by atoms with E-state index < -0.39 is 0 Å². The molecule has 0 saturated heterocycles. The Balaban J connectivity index is 1.97. The van der Waals surface area contributed by atoms with Gasteiger partial charge in [-0.3, -0.25) is 4.79 Å².